The zero-order valence-electron chi connectivity index (χ0n) is 16.7. The van der Waals surface area contributed by atoms with Crippen molar-refractivity contribution in [3.8, 4) is 11.5 Å². The summed E-state index contributed by atoms with van der Waals surface area (Å²) in [5.41, 5.74) is 3.47. The Morgan fingerprint density at radius 2 is 1.83 bits per heavy atom. The van der Waals surface area contributed by atoms with Gasteiger partial charge in [0, 0.05) is 36.1 Å². The van der Waals surface area contributed by atoms with Crippen LogP contribution in [0.4, 0.5) is 4.39 Å². The zero-order valence-corrected chi connectivity index (χ0v) is 17.5. The average molecular weight is 425 g/mol. The number of carbonyl (C=O) groups excluding carboxylic acids is 1. The highest BCUT2D eigenvalue weighted by molar-refractivity contribution is 7.80. The van der Waals surface area contributed by atoms with Crippen molar-refractivity contribution in [1.82, 2.24) is 14.8 Å². The smallest absolute Gasteiger partial charge is 0.251 e. The van der Waals surface area contributed by atoms with Crippen molar-refractivity contribution in [3.05, 3.63) is 59.0 Å². The van der Waals surface area contributed by atoms with Gasteiger partial charge in [-0.05, 0) is 53.7 Å². The summed E-state index contributed by atoms with van der Waals surface area (Å²) < 4.78 is 24.8. The van der Waals surface area contributed by atoms with Crippen LogP contribution < -0.4 is 9.47 Å². The van der Waals surface area contributed by atoms with Gasteiger partial charge in [-0.25, -0.2) is 4.39 Å². The molecule has 2 aromatic carbocycles. The van der Waals surface area contributed by atoms with Crippen LogP contribution in [0.2, 0.25) is 0 Å². The Balaban J connectivity index is 1.78. The first-order valence-corrected chi connectivity index (χ1v) is 9.96. The number of nitrogens with zero attached hydrogens (tertiary/aromatic N) is 2. The number of benzene rings is 2. The van der Waals surface area contributed by atoms with Crippen LogP contribution in [0.3, 0.4) is 0 Å². The van der Waals surface area contributed by atoms with Gasteiger partial charge in [-0.3, -0.25) is 9.69 Å². The summed E-state index contributed by atoms with van der Waals surface area (Å²) in [7, 11) is 4.89. The van der Waals surface area contributed by atoms with E-state index in [0.717, 1.165) is 22.2 Å². The van der Waals surface area contributed by atoms with Crippen molar-refractivity contribution in [1.29, 1.82) is 0 Å². The standard InChI is InChI=1S/C22H20FN3O3S/c1-25-21(27)18-10-16-15-5-4-12(23)8-17(15)24-19(16)20(26(18)22(25)30)11-6-13(28-2)9-14(7-11)29-3/h4-9,18,20,24H,10H2,1-3H3. The van der Waals surface area contributed by atoms with Gasteiger partial charge in [0.25, 0.3) is 5.91 Å². The number of likely N-dealkylation sites (N-methyl/N-ethyl adjacent to an activating group) is 1. The molecule has 3 aromatic rings. The van der Waals surface area contributed by atoms with E-state index in [0.29, 0.717) is 28.5 Å². The molecule has 1 amide bonds. The number of ether oxygens (including phenoxy) is 2. The van der Waals surface area contributed by atoms with E-state index in [9.17, 15) is 9.18 Å². The van der Waals surface area contributed by atoms with Gasteiger partial charge in [-0.15, -0.1) is 0 Å². The lowest BCUT2D eigenvalue weighted by molar-refractivity contribution is -0.127. The first-order valence-electron chi connectivity index (χ1n) is 9.55. The van der Waals surface area contributed by atoms with Crippen molar-refractivity contribution >= 4 is 34.1 Å². The minimum atomic E-state index is -0.416. The van der Waals surface area contributed by atoms with E-state index in [2.05, 4.69) is 4.98 Å². The molecule has 2 aliphatic heterocycles. The molecule has 2 unspecified atom stereocenters. The van der Waals surface area contributed by atoms with E-state index < -0.39 is 6.04 Å². The summed E-state index contributed by atoms with van der Waals surface area (Å²) in [4.78, 5) is 19.8. The van der Waals surface area contributed by atoms with Crippen LogP contribution in [-0.2, 0) is 11.2 Å². The molecule has 5 rings (SSSR count). The number of methoxy groups -OCH3 is 2. The third kappa shape index (κ3) is 2.60. The molecule has 2 aliphatic rings. The summed E-state index contributed by atoms with van der Waals surface area (Å²) in [6, 6.07) is 9.54. The molecule has 30 heavy (non-hydrogen) atoms. The Morgan fingerprint density at radius 3 is 2.50 bits per heavy atom. The Kier molecular flexibility index (Phi) is 4.21. The first kappa shape index (κ1) is 18.9. The van der Waals surface area contributed by atoms with Crippen LogP contribution in [-0.4, -0.2) is 53.1 Å². The normalized spacial score (nSPS) is 20.5. The van der Waals surface area contributed by atoms with Crippen molar-refractivity contribution in [2.45, 2.75) is 18.5 Å². The summed E-state index contributed by atoms with van der Waals surface area (Å²) >= 11 is 5.64. The van der Waals surface area contributed by atoms with Gasteiger partial charge in [0.05, 0.1) is 20.3 Å². The molecular formula is C22H20FN3O3S. The van der Waals surface area contributed by atoms with Gasteiger partial charge in [0.2, 0.25) is 0 Å². The van der Waals surface area contributed by atoms with E-state index in [1.54, 1.807) is 33.4 Å². The number of halogens is 1. The Hall–Kier alpha value is -3.13. The highest BCUT2D eigenvalue weighted by Crippen LogP contribution is 2.45. The van der Waals surface area contributed by atoms with Crippen LogP contribution in [0, 0.1) is 5.82 Å². The maximum absolute atomic E-state index is 13.9. The molecule has 1 aromatic heterocycles. The maximum Gasteiger partial charge on any atom is 0.251 e. The Bertz CT molecular complexity index is 1190. The van der Waals surface area contributed by atoms with Gasteiger partial charge in [0.15, 0.2) is 5.11 Å². The average Bonchev–Trinajstić information content (AvgIpc) is 3.21. The summed E-state index contributed by atoms with van der Waals surface area (Å²) in [6.07, 6.45) is 0.502. The van der Waals surface area contributed by atoms with Crippen LogP contribution in [0.1, 0.15) is 22.9 Å². The minimum Gasteiger partial charge on any atom is -0.497 e. The van der Waals surface area contributed by atoms with E-state index in [-0.39, 0.29) is 17.8 Å². The number of thiocarbonyl (C=S) groups is 1. The number of H-pyrrole nitrogens is 1. The molecular weight excluding hydrogens is 405 g/mol. The van der Waals surface area contributed by atoms with Gasteiger partial charge < -0.3 is 19.4 Å². The van der Waals surface area contributed by atoms with Crippen molar-refractivity contribution in [2.75, 3.05) is 21.3 Å². The predicted molar refractivity (Wildman–Crippen MR) is 114 cm³/mol. The zero-order chi connectivity index (χ0) is 21.2. The number of amides is 1. The topological polar surface area (TPSA) is 57.8 Å². The number of hydrogen-bond acceptors (Lipinski definition) is 4. The van der Waals surface area contributed by atoms with Gasteiger partial charge >= 0.3 is 0 Å². The lowest BCUT2D eigenvalue weighted by Crippen LogP contribution is -2.44. The lowest BCUT2D eigenvalue weighted by atomic mass is 9.88. The largest absolute Gasteiger partial charge is 0.497 e. The number of rotatable bonds is 3. The van der Waals surface area contributed by atoms with Crippen LogP contribution >= 0.6 is 12.2 Å². The molecule has 1 saturated heterocycles. The van der Waals surface area contributed by atoms with Crippen molar-refractivity contribution in [3.63, 3.8) is 0 Å². The second-order valence-electron chi connectivity index (χ2n) is 7.56. The van der Waals surface area contributed by atoms with Crippen LogP contribution in [0.5, 0.6) is 11.5 Å². The third-order valence-corrected chi connectivity index (χ3v) is 6.48. The van der Waals surface area contributed by atoms with Gasteiger partial charge in [-0.1, -0.05) is 0 Å². The fraction of sp³-hybridized carbons (Fsp3) is 0.273. The van der Waals surface area contributed by atoms with E-state index >= 15 is 0 Å². The molecule has 0 saturated carbocycles. The molecule has 154 valence electrons. The predicted octanol–water partition coefficient (Wildman–Crippen LogP) is 3.40. The SMILES string of the molecule is COc1cc(OC)cc(C2c3[nH]c4cc(F)ccc4c3CC3C(=O)N(C)C(=S)N32)c1. The molecule has 6 nitrogen and oxygen atoms in total. The Labute approximate surface area is 178 Å². The van der Waals surface area contributed by atoms with E-state index in [1.165, 1.54) is 17.0 Å². The number of aromatic nitrogens is 1. The molecule has 1 fully saturated rings. The number of nitrogens with one attached hydrogen (secondary N) is 1. The summed E-state index contributed by atoms with van der Waals surface area (Å²) in [5.74, 6) is 0.925. The third-order valence-electron chi connectivity index (χ3n) is 6.00. The Morgan fingerprint density at radius 1 is 1.13 bits per heavy atom. The minimum absolute atomic E-state index is 0.0398. The fourth-order valence-corrected chi connectivity index (χ4v) is 4.89. The second-order valence-corrected chi connectivity index (χ2v) is 7.93. The fourth-order valence-electron chi connectivity index (χ4n) is 4.57. The van der Waals surface area contributed by atoms with E-state index in [4.69, 9.17) is 21.7 Å². The molecule has 0 aliphatic carbocycles. The molecule has 3 heterocycles. The van der Waals surface area contributed by atoms with Gasteiger partial charge in [-0.2, -0.15) is 0 Å². The quantitative estimate of drug-likeness (QED) is 0.652. The van der Waals surface area contributed by atoms with Gasteiger partial charge in [0.1, 0.15) is 23.4 Å². The summed E-state index contributed by atoms with van der Waals surface area (Å²) in [6.45, 7) is 0. The second kappa shape index (κ2) is 6.70. The molecule has 8 heteroatoms. The first-order chi connectivity index (χ1) is 14.4. The number of fused-ring (bicyclic) bond motifs is 4. The number of aromatic amines is 1. The van der Waals surface area contributed by atoms with E-state index in [1.807, 2.05) is 17.0 Å². The molecule has 0 spiro atoms. The van der Waals surface area contributed by atoms with Crippen LogP contribution in [0.25, 0.3) is 10.9 Å². The number of hydrogen-bond donors (Lipinski definition) is 1. The molecule has 0 bridgehead atoms. The highest BCUT2D eigenvalue weighted by Gasteiger charge is 2.49. The molecule has 1 N–H and O–H groups in total. The highest BCUT2D eigenvalue weighted by atomic mass is 32.1. The molecule has 0 radical (unpaired) electrons. The molecule has 2 atom stereocenters. The number of carbonyl (C=O) groups is 1. The van der Waals surface area contributed by atoms with Crippen molar-refractivity contribution in [2.24, 2.45) is 0 Å². The van der Waals surface area contributed by atoms with Crippen molar-refractivity contribution < 1.29 is 18.7 Å². The van der Waals surface area contributed by atoms with Crippen LogP contribution in [0.15, 0.2) is 36.4 Å². The lowest BCUT2D eigenvalue weighted by Gasteiger charge is -2.37. The summed E-state index contributed by atoms with van der Waals surface area (Å²) in [5, 5.41) is 1.38. The maximum atomic E-state index is 13.9. The monoisotopic (exact) mass is 425 g/mol.